The summed E-state index contributed by atoms with van der Waals surface area (Å²) in [5, 5.41) is 14.3. The molecule has 0 aliphatic heterocycles. The number of carboxylic acids is 1. The number of carboxylic acid groups (broad SMARTS) is 1. The molecule has 1 atom stereocenters. The molecular weight excluding hydrogens is 291 g/mol. The van der Waals surface area contributed by atoms with Crippen LogP contribution in [0.2, 0.25) is 5.02 Å². The number of halogens is 2. The van der Waals surface area contributed by atoms with E-state index in [0.717, 1.165) is 0 Å². The fourth-order valence-electron chi connectivity index (χ4n) is 1.34. The molecule has 0 saturated heterocycles. The zero-order valence-corrected chi connectivity index (χ0v) is 11.3. The van der Waals surface area contributed by atoms with Crippen LogP contribution in [0.5, 0.6) is 0 Å². The summed E-state index contributed by atoms with van der Waals surface area (Å²) in [4.78, 5) is 22.7. The van der Waals surface area contributed by atoms with Crippen molar-refractivity contribution in [3.8, 4) is 0 Å². The van der Waals surface area contributed by atoms with Crippen molar-refractivity contribution < 1.29 is 14.7 Å². The third-order valence-electron chi connectivity index (χ3n) is 2.18. The number of rotatable bonds is 5. The van der Waals surface area contributed by atoms with Crippen molar-refractivity contribution in [1.29, 1.82) is 0 Å². The average molecular weight is 303 g/mol. The number of carbonyl (C=O) groups excluding carboxylic acids is 1. The Balaban J connectivity index is 2.80. The van der Waals surface area contributed by atoms with Gasteiger partial charge in [0.25, 0.3) is 0 Å². The van der Waals surface area contributed by atoms with E-state index >= 15 is 0 Å². The summed E-state index contributed by atoms with van der Waals surface area (Å²) in [5.74, 6) is -1.21. The van der Waals surface area contributed by atoms with E-state index in [9.17, 15) is 9.59 Å². The van der Waals surface area contributed by atoms with E-state index in [-0.39, 0.29) is 16.6 Å². The maximum atomic E-state index is 11.5. The van der Waals surface area contributed by atoms with Gasteiger partial charge in [0, 0.05) is 15.6 Å². The number of hydrogen-bond acceptors (Lipinski definition) is 2. The third-order valence-corrected chi connectivity index (χ3v) is 2.66. The Hall–Kier alpha value is -1.72. The molecule has 0 heterocycles. The first kappa shape index (κ1) is 15.3. The summed E-state index contributed by atoms with van der Waals surface area (Å²) in [6.45, 7) is 3.44. The fourth-order valence-corrected chi connectivity index (χ4v) is 1.65. The Labute approximate surface area is 120 Å². The normalized spacial score (nSPS) is 11.5. The Morgan fingerprint density at radius 2 is 2.00 bits per heavy atom. The average Bonchev–Trinajstić information content (AvgIpc) is 2.34. The number of nitrogens with one attached hydrogen (secondary N) is 2. The molecule has 3 N–H and O–H groups in total. The molecule has 102 valence electrons. The van der Waals surface area contributed by atoms with Crippen LogP contribution >= 0.6 is 23.2 Å². The lowest BCUT2D eigenvalue weighted by atomic mass is 10.1. The first-order valence-electron chi connectivity index (χ1n) is 5.26. The van der Waals surface area contributed by atoms with Gasteiger partial charge in [-0.05, 0) is 6.07 Å². The van der Waals surface area contributed by atoms with E-state index in [1.807, 2.05) is 0 Å². The summed E-state index contributed by atoms with van der Waals surface area (Å²) in [6.07, 6.45) is 0. The number of amides is 2. The highest BCUT2D eigenvalue weighted by Gasteiger charge is 2.23. The summed E-state index contributed by atoms with van der Waals surface area (Å²) in [6, 6.07) is 4.47. The van der Waals surface area contributed by atoms with Crippen LogP contribution in [0.4, 0.5) is 4.79 Å². The van der Waals surface area contributed by atoms with Gasteiger partial charge < -0.3 is 15.7 Å². The highest BCUT2D eigenvalue weighted by atomic mass is 35.5. The summed E-state index contributed by atoms with van der Waals surface area (Å²) >= 11 is 11.4. The zero-order valence-electron chi connectivity index (χ0n) is 9.82. The Kier molecular flexibility index (Phi) is 5.66. The molecule has 0 fully saturated rings. The van der Waals surface area contributed by atoms with Crippen molar-refractivity contribution in [2.24, 2.45) is 0 Å². The molecular formula is C12H12Cl2N2O3. The number of carbonyl (C=O) groups is 2. The molecule has 0 aromatic heterocycles. The van der Waals surface area contributed by atoms with E-state index in [1.165, 1.54) is 6.07 Å². The summed E-state index contributed by atoms with van der Waals surface area (Å²) in [5.41, 5.74) is 0.302. The molecule has 19 heavy (non-hydrogen) atoms. The van der Waals surface area contributed by atoms with Crippen molar-refractivity contribution in [2.75, 3.05) is 6.54 Å². The van der Waals surface area contributed by atoms with Crippen LogP contribution in [-0.4, -0.2) is 23.7 Å². The van der Waals surface area contributed by atoms with Crippen molar-refractivity contribution in [3.63, 3.8) is 0 Å². The van der Waals surface area contributed by atoms with Gasteiger partial charge in [0.15, 0.2) is 6.04 Å². The lowest BCUT2D eigenvalue weighted by Crippen LogP contribution is -2.41. The number of hydrogen-bond donors (Lipinski definition) is 3. The minimum atomic E-state index is -1.24. The van der Waals surface area contributed by atoms with E-state index in [0.29, 0.717) is 5.56 Å². The van der Waals surface area contributed by atoms with Gasteiger partial charge in [0.05, 0.1) is 6.54 Å². The molecule has 0 radical (unpaired) electrons. The Bertz CT molecular complexity index is 506. The van der Waals surface area contributed by atoms with Crippen LogP contribution in [0.3, 0.4) is 0 Å². The van der Waals surface area contributed by atoms with Crippen molar-refractivity contribution in [1.82, 2.24) is 10.6 Å². The van der Waals surface area contributed by atoms with E-state index in [1.54, 1.807) is 18.2 Å². The second-order valence-corrected chi connectivity index (χ2v) is 4.58. The minimum absolute atomic E-state index is 0.0439. The van der Waals surface area contributed by atoms with Crippen molar-refractivity contribution in [3.05, 3.63) is 46.5 Å². The van der Waals surface area contributed by atoms with Crippen LogP contribution < -0.4 is 10.6 Å². The van der Waals surface area contributed by atoms with E-state index in [2.05, 4.69) is 17.2 Å². The molecule has 1 aromatic carbocycles. The van der Waals surface area contributed by atoms with Gasteiger partial charge in [-0.3, -0.25) is 0 Å². The van der Waals surface area contributed by atoms with Gasteiger partial charge in [-0.1, -0.05) is 48.0 Å². The van der Waals surface area contributed by atoms with Gasteiger partial charge in [-0.25, -0.2) is 9.59 Å². The molecule has 1 aromatic rings. The maximum absolute atomic E-state index is 11.5. The highest BCUT2D eigenvalue weighted by molar-refractivity contribution is 6.31. The smallest absolute Gasteiger partial charge is 0.331 e. The number of benzene rings is 1. The Morgan fingerprint density at radius 3 is 2.53 bits per heavy atom. The van der Waals surface area contributed by atoms with Gasteiger partial charge in [-0.2, -0.15) is 0 Å². The lowest BCUT2D eigenvalue weighted by molar-refractivity contribution is -0.139. The second-order valence-electron chi connectivity index (χ2n) is 3.64. The second kappa shape index (κ2) is 7.01. The first-order chi connectivity index (χ1) is 8.91. The fraction of sp³-hybridized carbons (Fsp3) is 0.167. The molecule has 2 amide bonds. The van der Waals surface area contributed by atoms with Crippen LogP contribution in [0.1, 0.15) is 11.6 Å². The third kappa shape index (κ3) is 4.81. The molecule has 0 aliphatic rings. The maximum Gasteiger partial charge on any atom is 0.331 e. The van der Waals surface area contributed by atoms with Crippen LogP contribution in [0.25, 0.3) is 0 Å². The van der Waals surface area contributed by atoms with Crippen LogP contribution in [0, 0.1) is 0 Å². The van der Waals surface area contributed by atoms with E-state index < -0.39 is 18.0 Å². The monoisotopic (exact) mass is 302 g/mol. The molecule has 0 saturated carbocycles. The molecule has 0 bridgehead atoms. The number of urea groups is 1. The van der Waals surface area contributed by atoms with Crippen molar-refractivity contribution in [2.45, 2.75) is 6.04 Å². The van der Waals surface area contributed by atoms with E-state index in [4.69, 9.17) is 28.3 Å². The molecule has 5 nitrogen and oxygen atoms in total. The van der Waals surface area contributed by atoms with Crippen LogP contribution in [-0.2, 0) is 4.79 Å². The first-order valence-corrected chi connectivity index (χ1v) is 6.02. The molecule has 0 spiro atoms. The largest absolute Gasteiger partial charge is 0.479 e. The lowest BCUT2D eigenvalue weighted by Gasteiger charge is -2.16. The Morgan fingerprint density at radius 1 is 1.37 bits per heavy atom. The quantitative estimate of drug-likeness (QED) is 0.782. The minimum Gasteiger partial charge on any atom is -0.479 e. The molecule has 0 aliphatic carbocycles. The predicted octanol–water partition coefficient (Wildman–Crippen LogP) is 2.52. The summed E-state index contributed by atoms with van der Waals surface area (Å²) in [7, 11) is 0. The molecule has 1 rings (SSSR count). The highest BCUT2D eigenvalue weighted by Crippen LogP contribution is 2.22. The van der Waals surface area contributed by atoms with Crippen LogP contribution in [0.15, 0.2) is 35.9 Å². The van der Waals surface area contributed by atoms with Gasteiger partial charge in [0.2, 0.25) is 0 Å². The SMILES string of the molecule is C=C(Cl)CNC(=O)N[C@@H](C(=O)O)c1ccccc1Cl. The zero-order chi connectivity index (χ0) is 14.4. The van der Waals surface area contributed by atoms with Gasteiger partial charge in [0.1, 0.15) is 0 Å². The van der Waals surface area contributed by atoms with Gasteiger partial charge >= 0.3 is 12.0 Å². The topological polar surface area (TPSA) is 78.4 Å². The predicted molar refractivity (Wildman–Crippen MR) is 73.4 cm³/mol. The molecule has 0 unspecified atom stereocenters. The number of aliphatic carboxylic acids is 1. The standard InChI is InChI=1S/C12H12Cl2N2O3/c1-7(13)6-15-12(19)16-10(11(17)18)8-4-2-3-5-9(8)14/h2-5,10H,1,6H2,(H,17,18)(H2,15,16,19)/t10-/m1/s1. The van der Waals surface area contributed by atoms with Crippen molar-refractivity contribution >= 4 is 35.2 Å². The summed E-state index contributed by atoms with van der Waals surface area (Å²) < 4.78 is 0. The molecule has 7 heteroatoms. The van der Waals surface area contributed by atoms with Gasteiger partial charge in [-0.15, -0.1) is 0 Å².